The van der Waals surface area contributed by atoms with Crippen molar-refractivity contribution in [2.45, 2.75) is 46.6 Å². The molecule has 2 N–H and O–H groups in total. The zero-order valence-corrected chi connectivity index (χ0v) is 14.1. The van der Waals surface area contributed by atoms with Crippen LogP contribution in [0.25, 0.3) is 0 Å². The largest absolute Gasteiger partial charge is 0.496 e. The molecule has 1 aromatic rings. The smallest absolute Gasteiger partial charge is 0.125 e. The van der Waals surface area contributed by atoms with Crippen LogP contribution in [0.2, 0.25) is 0 Å². The van der Waals surface area contributed by atoms with Crippen LogP contribution in [0, 0.1) is 11.3 Å². The molecule has 0 saturated carbocycles. The highest BCUT2D eigenvalue weighted by atomic mass is 16.5. The molecule has 1 atom stereocenters. The van der Waals surface area contributed by atoms with E-state index in [1.54, 1.807) is 7.11 Å². The lowest BCUT2D eigenvalue weighted by molar-refractivity contribution is 0.199. The minimum absolute atomic E-state index is 0.0171. The number of benzene rings is 1. The maximum absolute atomic E-state index is 6.19. The average Bonchev–Trinajstić information content (AvgIpc) is 2.45. The topological polar surface area (TPSA) is 38.5 Å². The first-order valence-electron chi connectivity index (χ1n) is 8.02. The van der Waals surface area contributed by atoms with Gasteiger partial charge in [-0.1, -0.05) is 26.8 Å². The Morgan fingerprint density at radius 1 is 1.24 bits per heavy atom. The summed E-state index contributed by atoms with van der Waals surface area (Å²) in [7, 11) is 1.72. The second-order valence-electron chi connectivity index (χ2n) is 7.31. The normalized spacial score (nSPS) is 18.7. The molecule has 3 heteroatoms. The molecule has 21 heavy (non-hydrogen) atoms. The van der Waals surface area contributed by atoms with Gasteiger partial charge >= 0.3 is 0 Å². The molecule has 1 aliphatic heterocycles. The fourth-order valence-electron chi connectivity index (χ4n) is 3.43. The summed E-state index contributed by atoms with van der Waals surface area (Å²) in [6.07, 6.45) is 2.50. The molecule has 118 valence electrons. The van der Waals surface area contributed by atoms with Crippen LogP contribution in [0.4, 0.5) is 5.69 Å². The van der Waals surface area contributed by atoms with E-state index in [1.807, 2.05) is 13.0 Å². The van der Waals surface area contributed by atoms with Crippen molar-refractivity contribution in [1.29, 1.82) is 0 Å². The predicted octanol–water partition coefficient (Wildman–Crippen LogP) is 3.98. The van der Waals surface area contributed by atoms with Crippen molar-refractivity contribution >= 4 is 5.69 Å². The molecule has 1 heterocycles. The van der Waals surface area contributed by atoms with E-state index < -0.39 is 0 Å². The molecule has 1 aromatic carbocycles. The molecule has 0 amide bonds. The van der Waals surface area contributed by atoms with E-state index in [4.69, 9.17) is 10.5 Å². The molecule has 0 bridgehead atoms. The number of methoxy groups -OCH3 is 1. The summed E-state index contributed by atoms with van der Waals surface area (Å²) in [4.78, 5) is 2.48. The number of hydrogen-bond donors (Lipinski definition) is 1. The molecule has 0 aliphatic carbocycles. The lowest BCUT2D eigenvalue weighted by Crippen LogP contribution is -2.38. The van der Waals surface area contributed by atoms with Crippen LogP contribution in [-0.4, -0.2) is 20.2 Å². The van der Waals surface area contributed by atoms with Crippen molar-refractivity contribution in [2.24, 2.45) is 17.1 Å². The quantitative estimate of drug-likeness (QED) is 0.915. The summed E-state index contributed by atoms with van der Waals surface area (Å²) < 4.78 is 5.51. The van der Waals surface area contributed by atoms with Crippen LogP contribution < -0.4 is 15.4 Å². The third-order valence-electron chi connectivity index (χ3n) is 4.78. The van der Waals surface area contributed by atoms with Gasteiger partial charge in [-0.15, -0.1) is 0 Å². The maximum atomic E-state index is 6.19. The van der Waals surface area contributed by atoms with E-state index in [1.165, 1.54) is 18.5 Å². The summed E-state index contributed by atoms with van der Waals surface area (Å²) in [5.41, 5.74) is 8.98. The van der Waals surface area contributed by atoms with Crippen molar-refractivity contribution in [3.05, 3.63) is 23.8 Å². The number of rotatable bonds is 3. The third kappa shape index (κ3) is 3.52. The van der Waals surface area contributed by atoms with E-state index >= 15 is 0 Å². The fourth-order valence-corrected chi connectivity index (χ4v) is 3.43. The monoisotopic (exact) mass is 290 g/mol. The van der Waals surface area contributed by atoms with Gasteiger partial charge in [-0.3, -0.25) is 0 Å². The predicted molar refractivity (Wildman–Crippen MR) is 90.0 cm³/mol. The van der Waals surface area contributed by atoms with Gasteiger partial charge in [0.2, 0.25) is 0 Å². The number of hydrogen-bond acceptors (Lipinski definition) is 3. The van der Waals surface area contributed by atoms with E-state index in [2.05, 4.69) is 37.8 Å². The van der Waals surface area contributed by atoms with Gasteiger partial charge in [0.05, 0.1) is 7.11 Å². The fraction of sp³-hybridized carbons (Fsp3) is 0.667. The first-order chi connectivity index (χ1) is 9.84. The minimum atomic E-state index is -0.0171. The van der Waals surface area contributed by atoms with Gasteiger partial charge in [-0.05, 0) is 43.2 Å². The van der Waals surface area contributed by atoms with Crippen LogP contribution in [0.1, 0.15) is 52.1 Å². The van der Waals surface area contributed by atoms with E-state index in [0.717, 1.165) is 30.3 Å². The average molecular weight is 290 g/mol. The highest BCUT2D eigenvalue weighted by Crippen LogP contribution is 2.39. The van der Waals surface area contributed by atoms with Crippen LogP contribution in [0.3, 0.4) is 0 Å². The van der Waals surface area contributed by atoms with E-state index in [9.17, 15) is 0 Å². The van der Waals surface area contributed by atoms with Gasteiger partial charge < -0.3 is 15.4 Å². The Bertz CT molecular complexity index is 469. The summed E-state index contributed by atoms with van der Waals surface area (Å²) in [6, 6.07) is 6.23. The molecule has 0 spiro atoms. The van der Waals surface area contributed by atoms with Crippen LogP contribution in [0.15, 0.2) is 18.2 Å². The number of nitrogens with zero attached hydrogens (tertiary/aromatic N) is 1. The van der Waals surface area contributed by atoms with Crippen molar-refractivity contribution in [3.8, 4) is 5.75 Å². The zero-order chi connectivity index (χ0) is 15.6. The number of anilines is 1. The van der Waals surface area contributed by atoms with Crippen molar-refractivity contribution in [3.63, 3.8) is 0 Å². The molecule has 1 aliphatic rings. The lowest BCUT2D eigenvalue weighted by atomic mass is 9.75. The van der Waals surface area contributed by atoms with Gasteiger partial charge in [0.1, 0.15) is 5.75 Å². The molecule has 0 aromatic heterocycles. The van der Waals surface area contributed by atoms with Gasteiger partial charge in [0.15, 0.2) is 0 Å². The van der Waals surface area contributed by atoms with Crippen LogP contribution in [0.5, 0.6) is 5.75 Å². The van der Waals surface area contributed by atoms with Crippen LogP contribution >= 0.6 is 0 Å². The number of ether oxygens (including phenoxy) is 1. The van der Waals surface area contributed by atoms with Gasteiger partial charge in [0, 0.05) is 30.4 Å². The lowest BCUT2D eigenvalue weighted by Gasteiger charge is -2.40. The Morgan fingerprint density at radius 3 is 2.33 bits per heavy atom. The second-order valence-corrected chi connectivity index (χ2v) is 7.31. The first-order valence-corrected chi connectivity index (χ1v) is 8.02. The standard InChI is InChI=1S/C18H30N2O/c1-13(19)17-15(7-6-8-16(17)21-5)20-11-9-14(10-12-20)18(2,3)4/h6-8,13-14H,9-12,19H2,1-5H3/t13-/m0/s1. The zero-order valence-electron chi connectivity index (χ0n) is 14.1. The first kappa shape index (κ1) is 16.2. The Hall–Kier alpha value is -1.22. The molecule has 0 radical (unpaired) electrons. The Balaban J connectivity index is 2.21. The highest BCUT2D eigenvalue weighted by Gasteiger charge is 2.30. The summed E-state index contributed by atoms with van der Waals surface area (Å²) in [5, 5.41) is 0. The summed E-state index contributed by atoms with van der Waals surface area (Å²) >= 11 is 0. The molecular weight excluding hydrogens is 260 g/mol. The molecular formula is C18H30N2O. The molecule has 1 fully saturated rings. The van der Waals surface area contributed by atoms with Crippen molar-refractivity contribution in [1.82, 2.24) is 0 Å². The third-order valence-corrected chi connectivity index (χ3v) is 4.78. The number of nitrogens with two attached hydrogens (primary N) is 1. The summed E-state index contributed by atoms with van der Waals surface area (Å²) in [6.45, 7) is 11.3. The van der Waals surface area contributed by atoms with Gasteiger partial charge in [0.25, 0.3) is 0 Å². The highest BCUT2D eigenvalue weighted by molar-refractivity contribution is 5.61. The SMILES string of the molecule is COc1cccc(N2CCC(C(C)(C)C)CC2)c1[C@H](C)N. The minimum Gasteiger partial charge on any atom is -0.496 e. The van der Waals surface area contributed by atoms with Crippen LogP contribution in [-0.2, 0) is 0 Å². The van der Waals surface area contributed by atoms with E-state index in [0.29, 0.717) is 5.41 Å². The Morgan fingerprint density at radius 2 is 1.86 bits per heavy atom. The number of piperidine rings is 1. The van der Waals surface area contributed by atoms with Crippen molar-refractivity contribution in [2.75, 3.05) is 25.1 Å². The Labute approximate surface area is 129 Å². The van der Waals surface area contributed by atoms with Gasteiger partial charge in [-0.25, -0.2) is 0 Å². The molecule has 1 saturated heterocycles. The Kier molecular flexibility index (Phi) is 4.82. The maximum Gasteiger partial charge on any atom is 0.125 e. The van der Waals surface area contributed by atoms with Crippen molar-refractivity contribution < 1.29 is 4.74 Å². The molecule has 2 rings (SSSR count). The molecule has 3 nitrogen and oxygen atoms in total. The van der Waals surface area contributed by atoms with E-state index in [-0.39, 0.29) is 6.04 Å². The molecule has 0 unspecified atom stereocenters. The summed E-state index contributed by atoms with van der Waals surface area (Å²) in [5.74, 6) is 1.71. The second kappa shape index (κ2) is 6.27. The van der Waals surface area contributed by atoms with Gasteiger partial charge in [-0.2, -0.15) is 0 Å².